The summed E-state index contributed by atoms with van der Waals surface area (Å²) in [5.41, 5.74) is -0.708. The topological polar surface area (TPSA) is 38.3 Å². The van der Waals surface area contributed by atoms with Gasteiger partial charge in [0.25, 0.3) is 5.91 Å². The van der Waals surface area contributed by atoms with Crippen LogP contribution in [-0.2, 0) is 9.53 Å². The lowest BCUT2D eigenvalue weighted by atomic mass is 10.1. The summed E-state index contributed by atoms with van der Waals surface area (Å²) in [5, 5.41) is 2.67. The van der Waals surface area contributed by atoms with Gasteiger partial charge in [0.2, 0.25) is 3.79 Å². The van der Waals surface area contributed by atoms with Gasteiger partial charge < -0.3 is 10.1 Å². The highest BCUT2D eigenvalue weighted by molar-refractivity contribution is 6.68. The Morgan fingerprint density at radius 2 is 2.14 bits per heavy atom. The van der Waals surface area contributed by atoms with E-state index in [0.29, 0.717) is 6.42 Å². The number of hydrogen-bond donors (Lipinski definition) is 1. The molecule has 1 N–H and O–H groups in total. The van der Waals surface area contributed by atoms with Crippen LogP contribution in [0.25, 0.3) is 0 Å². The van der Waals surface area contributed by atoms with Crippen LogP contribution < -0.4 is 5.32 Å². The molecule has 6 heteroatoms. The van der Waals surface area contributed by atoms with Gasteiger partial charge >= 0.3 is 0 Å². The summed E-state index contributed by atoms with van der Waals surface area (Å²) in [6.07, 6.45) is 0.545. The van der Waals surface area contributed by atoms with Gasteiger partial charge in [-0.25, -0.2) is 0 Å². The molecule has 14 heavy (non-hydrogen) atoms. The zero-order valence-electron chi connectivity index (χ0n) is 7.94. The van der Waals surface area contributed by atoms with Crippen LogP contribution in [0.1, 0.15) is 26.7 Å². The van der Waals surface area contributed by atoms with Crippen LogP contribution in [0, 0.1) is 0 Å². The molecule has 0 unspecified atom stereocenters. The van der Waals surface area contributed by atoms with E-state index in [1.165, 1.54) is 0 Å². The van der Waals surface area contributed by atoms with E-state index in [2.05, 4.69) is 5.32 Å². The van der Waals surface area contributed by atoms with Gasteiger partial charge in [-0.05, 0) is 13.3 Å². The van der Waals surface area contributed by atoms with Gasteiger partial charge in [-0.3, -0.25) is 4.79 Å². The molecule has 0 radical (unpaired) electrons. The molecule has 3 nitrogen and oxygen atoms in total. The van der Waals surface area contributed by atoms with Crippen molar-refractivity contribution < 1.29 is 9.53 Å². The summed E-state index contributed by atoms with van der Waals surface area (Å²) >= 11 is 16.8. The molecule has 1 heterocycles. The largest absolute Gasteiger partial charge is 0.338 e. The third-order valence-corrected chi connectivity index (χ3v) is 2.62. The highest BCUT2D eigenvalue weighted by atomic mass is 35.6. The van der Waals surface area contributed by atoms with E-state index in [1.807, 2.05) is 6.92 Å². The summed E-state index contributed by atoms with van der Waals surface area (Å²) in [7, 11) is 0. The van der Waals surface area contributed by atoms with Crippen molar-refractivity contribution in [3.8, 4) is 0 Å². The number of halogens is 3. The molecule has 0 saturated carbocycles. The summed E-state index contributed by atoms with van der Waals surface area (Å²) < 4.78 is 3.70. The van der Waals surface area contributed by atoms with E-state index in [0.717, 1.165) is 6.42 Å². The fourth-order valence-corrected chi connectivity index (χ4v) is 1.91. The molecule has 1 saturated heterocycles. The highest BCUT2D eigenvalue weighted by Gasteiger charge is 2.50. The fourth-order valence-electron chi connectivity index (χ4n) is 1.48. The normalized spacial score (nSPS) is 33.2. The SMILES string of the molecule is CCC[C@@]1(C)NC(=O)[C@H](C(Cl)(Cl)Cl)O1. The van der Waals surface area contributed by atoms with Gasteiger partial charge in [0.15, 0.2) is 6.10 Å². The van der Waals surface area contributed by atoms with Crippen LogP contribution in [0.15, 0.2) is 0 Å². The average molecular weight is 261 g/mol. The lowest BCUT2D eigenvalue weighted by Gasteiger charge is -2.24. The van der Waals surface area contributed by atoms with Crippen molar-refractivity contribution in [2.75, 3.05) is 0 Å². The fraction of sp³-hybridized carbons (Fsp3) is 0.875. The first-order valence-electron chi connectivity index (χ1n) is 4.35. The molecule has 0 aromatic rings. The number of carbonyl (C=O) groups excluding carboxylic acids is 1. The van der Waals surface area contributed by atoms with Crippen LogP contribution in [0.5, 0.6) is 0 Å². The second kappa shape index (κ2) is 4.05. The number of carbonyl (C=O) groups is 1. The molecule has 1 amide bonds. The minimum absolute atomic E-state index is 0.374. The minimum atomic E-state index is -1.71. The van der Waals surface area contributed by atoms with E-state index in [9.17, 15) is 4.79 Å². The molecule has 1 aliphatic heterocycles. The second-order valence-electron chi connectivity index (χ2n) is 3.51. The van der Waals surface area contributed by atoms with Gasteiger partial charge in [-0.15, -0.1) is 0 Å². The van der Waals surface area contributed by atoms with Crippen LogP contribution in [0.2, 0.25) is 0 Å². The van der Waals surface area contributed by atoms with Crippen molar-refractivity contribution in [3.63, 3.8) is 0 Å². The molecular weight excluding hydrogens is 248 g/mol. The quantitative estimate of drug-likeness (QED) is 0.774. The van der Waals surface area contributed by atoms with Crippen molar-refractivity contribution in [2.45, 2.75) is 42.3 Å². The molecular formula is C8H12Cl3NO2. The molecule has 2 atom stereocenters. The molecule has 0 aliphatic carbocycles. The van der Waals surface area contributed by atoms with Crippen molar-refractivity contribution in [1.29, 1.82) is 0 Å². The smallest absolute Gasteiger partial charge is 0.255 e. The lowest BCUT2D eigenvalue weighted by molar-refractivity contribution is -0.123. The number of amides is 1. The Labute approximate surface area is 98.0 Å². The van der Waals surface area contributed by atoms with Crippen molar-refractivity contribution in [1.82, 2.24) is 5.32 Å². The Balaban J connectivity index is 2.74. The summed E-state index contributed by atoms with van der Waals surface area (Å²) in [6.45, 7) is 3.76. The Hall–Kier alpha value is 0.300. The first-order valence-corrected chi connectivity index (χ1v) is 5.48. The predicted octanol–water partition coefficient (Wildman–Crippen LogP) is 2.39. The zero-order chi connectivity index (χ0) is 11.0. The van der Waals surface area contributed by atoms with Gasteiger partial charge in [-0.1, -0.05) is 48.1 Å². The first-order chi connectivity index (χ1) is 6.28. The highest BCUT2D eigenvalue weighted by Crippen LogP contribution is 2.38. The maximum Gasteiger partial charge on any atom is 0.255 e. The van der Waals surface area contributed by atoms with Crippen molar-refractivity contribution >= 4 is 40.7 Å². The first kappa shape index (κ1) is 12.4. The van der Waals surface area contributed by atoms with E-state index in [1.54, 1.807) is 6.92 Å². The number of ether oxygens (including phenoxy) is 1. The van der Waals surface area contributed by atoms with E-state index in [-0.39, 0.29) is 5.91 Å². The van der Waals surface area contributed by atoms with Gasteiger partial charge in [0.05, 0.1) is 0 Å². The van der Waals surface area contributed by atoms with Crippen LogP contribution >= 0.6 is 34.8 Å². The molecule has 0 bridgehead atoms. The van der Waals surface area contributed by atoms with Gasteiger partial charge in [-0.2, -0.15) is 0 Å². The summed E-state index contributed by atoms with van der Waals surface area (Å²) in [6, 6.07) is 0. The second-order valence-corrected chi connectivity index (χ2v) is 5.88. The number of nitrogens with one attached hydrogen (secondary N) is 1. The zero-order valence-corrected chi connectivity index (χ0v) is 10.2. The Morgan fingerprint density at radius 3 is 2.50 bits per heavy atom. The summed E-state index contributed by atoms with van der Waals surface area (Å²) in [4.78, 5) is 11.4. The van der Waals surface area contributed by atoms with Gasteiger partial charge in [0, 0.05) is 0 Å². The van der Waals surface area contributed by atoms with Crippen molar-refractivity contribution in [3.05, 3.63) is 0 Å². The monoisotopic (exact) mass is 259 g/mol. The predicted molar refractivity (Wildman–Crippen MR) is 56.6 cm³/mol. The molecule has 1 fully saturated rings. The number of hydrogen-bond acceptors (Lipinski definition) is 2. The maximum absolute atomic E-state index is 11.4. The number of rotatable bonds is 2. The Kier molecular flexibility index (Phi) is 3.58. The maximum atomic E-state index is 11.4. The lowest BCUT2D eigenvalue weighted by Crippen LogP contribution is -2.39. The molecule has 0 spiro atoms. The van der Waals surface area contributed by atoms with Gasteiger partial charge in [0.1, 0.15) is 5.72 Å². The average Bonchev–Trinajstić information content (AvgIpc) is 2.26. The number of alkyl halides is 3. The third kappa shape index (κ3) is 2.66. The standard InChI is InChI=1S/C8H12Cl3NO2/c1-3-4-7(2)12-6(13)5(14-7)8(9,10)11/h5H,3-4H2,1-2H3,(H,12,13)/t5-,7+/m1/s1. The van der Waals surface area contributed by atoms with E-state index >= 15 is 0 Å². The third-order valence-electron chi connectivity index (χ3n) is 2.03. The van der Waals surface area contributed by atoms with Crippen molar-refractivity contribution in [2.24, 2.45) is 0 Å². The van der Waals surface area contributed by atoms with Crippen LogP contribution in [-0.4, -0.2) is 21.5 Å². The van der Waals surface area contributed by atoms with E-state index in [4.69, 9.17) is 39.5 Å². The van der Waals surface area contributed by atoms with E-state index < -0.39 is 15.6 Å². The molecule has 82 valence electrons. The van der Waals surface area contributed by atoms with Crippen LogP contribution in [0.3, 0.4) is 0 Å². The molecule has 1 rings (SSSR count). The molecule has 1 aliphatic rings. The summed E-state index contributed by atoms with van der Waals surface area (Å²) in [5.74, 6) is -0.374. The Bertz CT molecular complexity index is 241. The molecule has 0 aromatic heterocycles. The van der Waals surface area contributed by atoms with Crippen LogP contribution in [0.4, 0.5) is 0 Å². The minimum Gasteiger partial charge on any atom is -0.338 e. The molecule has 0 aromatic carbocycles. The Morgan fingerprint density at radius 1 is 1.57 bits per heavy atom.